The van der Waals surface area contributed by atoms with E-state index in [1.165, 1.54) is 15.8 Å². The second-order valence-corrected chi connectivity index (χ2v) is 8.11. The van der Waals surface area contributed by atoms with Crippen LogP contribution in [-0.2, 0) is 19.9 Å². The number of hydrogen-bond donors (Lipinski definition) is 2. The molecule has 0 fully saturated rings. The third-order valence-corrected chi connectivity index (χ3v) is 5.20. The number of anilines is 1. The highest BCUT2D eigenvalue weighted by atomic mass is 16.2. The Morgan fingerprint density at radius 1 is 1.15 bits per heavy atom. The van der Waals surface area contributed by atoms with E-state index in [-0.39, 0.29) is 17.0 Å². The molecule has 0 saturated carbocycles. The topological polar surface area (TPSA) is 90.0 Å². The second kappa shape index (κ2) is 5.97. The number of carbonyl (C=O) groups is 2. The molecule has 1 heterocycles. The van der Waals surface area contributed by atoms with Gasteiger partial charge in [0.2, 0.25) is 0 Å². The predicted octanol–water partition coefficient (Wildman–Crippen LogP) is 2.82. The number of aryl methyl sites for hydroxylation is 4. The van der Waals surface area contributed by atoms with E-state index in [2.05, 4.69) is 37.3 Å². The predicted molar refractivity (Wildman–Crippen MR) is 102 cm³/mol. The molecule has 0 bridgehead atoms. The number of nitrogens with two attached hydrogens (primary N) is 1. The van der Waals surface area contributed by atoms with E-state index < -0.39 is 5.91 Å². The molecular weight excluding hydrogens is 328 g/mol. The number of nitrogens with zero attached hydrogens (tertiary/aromatic N) is 2. The Kier molecular flexibility index (Phi) is 4.17. The molecule has 1 aliphatic rings. The average molecular weight is 354 g/mol. The lowest BCUT2D eigenvalue weighted by molar-refractivity contribution is 0.0992. The molecule has 1 aromatic carbocycles. The van der Waals surface area contributed by atoms with Gasteiger partial charge in [-0.05, 0) is 61.3 Å². The summed E-state index contributed by atoms with van der Waals surface area (Å²) in [6.45, 7) is 10.3. The standard InChI is InChI=1S/C20H26N4O2/c1-10-7-11(2)15(14-9-20(4,5)8-13(10)14)19(26)22-16-12(3)23-24(6)17(16)18(21)25/h7H,8-9H2,1-6H3,(H2,21,25)(H,22,26). The molecule has 6 nitrogen and oxygen atoms in total. The summed E-state index contributed by atoms with van der Waals surface area (Å²) in [5.74, 6) is -0.828. The molecule has 1 aromatic heterocycles. The van der Waals surface area contributed by atoms with Gasteiger partial charge in [-0.3, -0.25) is 14.3 Å². The molecule has 3 N–H and O–H groups in total. The van der Waals surface area contributed by atoms with E-state index >= 15 is 0 Å². The molecule has 138 valence electrons. The smallest absolute Gasteiger partial charge is 0.269 e. The van der Waals surface area contributed by atoms with Gasteiger partial charge in [0, 0.05) is 12.6 Å². The van der Waals surface area contributed by atoms with Crippen LogP contribution in [0.1, 0.15) is 62.6 Å². The SMILES string of the molecule is Cc1cc(C)c(C(=O)Nc2c(C)nn(C)c2C(N)=O)c2c1CC(C)(C)C2. The number of rotatable bonds is 3. The van der Waals surface area contributed by atoms with Crippen LogP contribution >= 0.6 is 0 Å². The maximum absolute atomic E-state index is 13.2. The fraction of sp³-hybridized carbons (Fsp3) is 0.450. The minimum absolute atomic E-state index is 0.137. The lowest BCUT2D eigenvalue weighted by Gasteiger charge is -2.16. The highest BCUT2D eigenvalue weighted by molar-refractivity contribution is 6.10. The van der Waals surface area contributed by atoms with Gasteiger partial charge in [0.05, 0.1) is 11.4 Å². The van der Waals surface area contributed by atoms with Crippen molar-refractivity contribution in [3.63, 3.8) is 0 Å². The van der Waals surface area contributed by atoms with Crippen LogP contribution in [0.25, 0.3) is 0 Å². The minimum atomic E-state index is -0.615. The van der Waals surface area contributed by atoms with Crippen molar-refractivity contribution in [2.24, 2.45) is 18.2 Å². The van der Waals surface area contributed by atoms with Gasteiger partial charge < -0.3 is 11.1 Å². The number of aromatic nitrogens is 2. The van der Waals surface area contributed by atoms with Crippen LogP contribution < -0.4 is 11.1 Å². The number of benzene rings is 1. The Balaban J connectivity index is 2.07. The average Bonchev–Trinajstić information content (AvgIpc) is 2.95. The molecule has 1 aliphatic carbocycles. The molecule has 26 heavy (non-hydrogen) atoms. The van der Waals surface area contributed by atoms with E-state index in [0.29, 0.717) is 16.9 Å². The summed E-state index contributed by atoms with van der Waals surface area (Å²) in [6, 6.07) is 2.07. The van der Waals surface area contributed by atoms with E-state index in [1.54, 1.807) is 14.0 Å². The van der Waals surface area contributed by atoms with Crippen molar-refractivity contribution in [1.82, 2.24) is 9.78 Å². The van der Waals surface area contributed by atoms with Crippen molar-refractivity contribution in [1.29, 1.82) is 0 Å². The van der Waals surface area contributed by atoms with Crippen molar-refractivity contribution < 1.29 is 9.59 Å². The zero-order chi connectivity index (χ0) is 19.4. The highest BCUT2D eigenvalue weighted by Gasteiger charge is 2.34. The van der Waals surface area contributed by atoms with Crippen molar-refractivity contribution in [3.05, 3.63) is 45.3 Å². The molecule has 3 rings (SSSR count). The number of carbonyl (C=O) groups excluding carboxylic acids is 2. The molecule has 0 radical (unpaired) electrons. The number of amides is 2. The zero-order valence-electron chi connectivity index (χ0n) is 16.3. The molecule has 0 atom stereocenters. The summed E-state index contributed by atoms with van der Waals surface area (Å²) in [5.41, 5.74) is 12.0. The first kappa shape index (κ1) is 18.2. The van der Waals surface area contributed by atoms with Crippen LogP contribution in [0.3, 0.4) is 0 Å². The van der Waals surface area contributed by atoms with Crippen molar-refractivity contribution in [2.75, 3.05) is 5.32 Å². The summed E-state index contributed by atoms with van der Waals surface area (Å²) in [4.78, 5) is 24.9. The van der Waals surface area contributed by atoms with Crippen LogP contribution in [0, 0.1) is 26.2 Å². The van der Waals surface area contributed by atoms with Gasteiger partial charge in [0.15, 0.2) is 0 Å². The molecule has 2 amide bonds. The van der Waals surface area contributed by atoms with Crippen LogP contribution in [-0.4, -0.2) is 21.6 Å². The van der Waals surface area contributed by atoms with Gasteiger partial charge in [-0.25, -0.2) is 0 Å². The number of hydrogen-bond acceptors (Lipinski definition) is 3. The first-order valence-electron chi connectivity index (χ1n) is 8.78. The van der Waals surface area contributed by atoms with Gasteiger partial charge in [0.25, 0.3) is 11.8 Å². The van der Waals surface area contributed by atoms with Crippen molar-refractivity contribution in [2.45, 2.75) is 47.5 Å². The largest absolute Gasteiger partial charge is 0.364 e. The molecule has 6 heteroatoms. The number of fused-ring (bicyclic) bond motifs is 1. The Morgan fingerprint density at radius 2 is 1.77 bits per heavy atom. The van der Waals surface area contributed by atoms with Gasteiger partial charge in [-0.1, -0.05) is 19.9 Å². The van der Waals surface area contributed by atoms with Gasteiger partial charge in [0.1, 0.15) is 5.69 Å². The van der Waals surface area contributed by atoms with E-state index in [4.69, 9.17) is 5.73 Å². The summed E-state index contributed by atoms with van der Waals surface area (Å²) < 4.78 is 1.41. The van der Waals surface area contributed by atoms with Gasteiger partial charge in [-0.2, -0.15) is 5.10 Å². The van der Waals surface area contributed by atoms with Crippen molar-refractivity contribution in [3.8, 4) is 0 Å². The Hall–Kier alpha value is -2.63. The lowest BCUT2D eigenvalue weighted by atomic mass is 9.89. The van der Waals surface area contributed by atoms with Crippen LogP contribution in [0.15, 0.2) is 6.07 Å². The Labute approximate surface area is 153 Å². The molecule has 0 unspecified atom stereocenters. The summed E-state index contributed by atoms with van der Waals surface area (Å²) in [7, 11) is 1.64. The summed E-state index contributed by atoms with van der Waals surface area (Å²) in [5, 5.41) is 7.10. The summed E-state index contributed by atoms with van der Waals surface area (Å²) in [6.07, 6.45) is 1.83. The third-order valence-electron chi connectivity index (χ3n) is 5.20. The quantitative estimate of drug-likeness (QED) is 0.888. The summed E-state index contributed by atoms with van der Waals surface area (Å²) >= 11 is 0. The maximum Gasteiger partial charge on any atom is 0.269 e. The van der Waals surface area contributed by atoms with Gasteiger partial charge >= 0.3 is 0 Å². The van der Waals surface area contributed by atoms with Gasteiger partial charge in [-0.15, -0.1) is 0 Å². The molecule has 2 aromatic rings. The van der Waals surface area contributed by atoms with Crippen molar-refractivity contribution >= 4 is 17.5 Å². The molecule has 0 aliphatic heterocycles. The Morgan fingerprint density at radius 3 is 2.38 bits per heavy atom. The van der Waals surface area contributed by atoms with E-state index in [0.717, 1.165) is 24.0 Å². The lowest BCUT2D eigenvalue weighted by Crippen LogP contribution is -2.22. The molecular formula is C20H26N4O2. The number of primary amides is 1. The minimum Gasteiger partial charge on any atom is -0.364 e. The molecule has 0 spiro atoms. The Bertz CT molecular complexity index is 938. The third kappa shape index (κ3) is 2.89. The second-order valence-electron chi connectivity index (χ2n) is 8.11. The zero-order valence-corrected chi connectivity index (χ0v) is 16.3. The highest BCUT2D eigenvalue weighted by Crippen LogP contribution is 2.41. The fourth-order valence-corrected chi connectivity index (χ4v) is 4.15. The first-order valence-corrected chi connectivity index (χ1v) is 8.78. The van der Waals surface area contributed by atoms with Crippen LogP contribution in [0.4, 0.5) is 5.69 Å². The fourth-order valence-electron chi connectivity index (χ4n) is 4.15. The monoisotopic (exact) mass is 354 g/mol. The van der Waals surface area contributed by atoms with Crippen LogP contribution in [0.2, 0.25) is 0 Å². The van der Waals surface area contributed by atoms with Crippen LogP contribution in [0.5, 0.6) is 0 Å². The molecule has 0 saturated heterocycles. The van der Waals surface area contributed by atoms with E-state index in [1.807, 2.05) is 6.92 Å². The normalized spacial score (nSPS) is 15.0. The number of nitrogens with one attached hydrogen (secondary N) is 1. The van der Waals surface area contributed by atoms with E-state index in [9.17, 15) is 9.59 Å². The maximum atomic E-state index is 13.2. The first-order chi connectivity index (χ1) is 12.0.